The molecular weight excluding hydrogens is 384 g/mol. The minimum Gasteiger partial charge on any atom is -0.464 e. The molecule has 0 spiro atoms. The molecule has 5 nitrogen and oxygen atoms in total. The molecule has 146 valence electrons. The predicted molar refractivity (Wildman–Crippen MR) is 110 cm³/mol. The Kier molecular flexibility index (Phi) is 7.80. The summed E-state index contributed by atoms with van der Waals surface area (Å²) in [5.41, 5.74) is 1.15. The highest BCUT2D eigenvalue weighted by Gasteiger charge is 2.27. The number of methoxy groups -OCH3 is 1. The van der Waals surface area contributed by atoms with Crippen molar-refractivity contribution >= 4 is 39.9 Å². The summed E-state index contributed by atoms with van der Waals surface area (Å²) in [6, 6.07) is 7.43. The van der Waals surface area contributed by atoms with Crippen LogP contribution < -0.4 is 5.32 Å². The topological polar surface area (TPSA) is 68.3 Å². The number of carbonyl (C=O) groups excluding carboxylic acids is 2. The lowest BCUT2D eigenvalue weighted by Gasteiger charge is -2.20. The Morgan fingerprint density at radius 1 is 1.30 bits per heavy atom. The number of carbonyl (C=O) groups is 2. The van der Waals surface area contributed by atoms with Gasteiger partial charge in [0.05, 0.1) is 13.0 Å². The van der Waals surface area contributed by atoms with Gasteiger partial charge in [0, 0.05) is 10.4 Å². The Morgan fingerprint density at radius 2 is 1.96 bits per heavy atom. The van der Waals surface area contributed by atoms with E-state index in [2.05, 4.69) is 15.0 Å². The van der Waals surface area contributed by atoms with Gasteiger partial charge in [-0.25, -0.2) is 9.78 Å². The van der Waals surface area contributed by atoms with Crippen molar-refractivity contribution in [2.75, 3.05) is 12.4 Å². The molecule has 1 aliphatic rings. The second-order valence-corrected chi connectivity index (χ2v) is 7.80. The zero-order chi connectivity index (χ0) is 18.5. The van der Waals surface area contributed by atoms with Crippen molar-refractivity contribution in [2.24, 2.45) is 5.92 Å². The summed E-state index contributed by atoms with van der Waals surface area (Å²) in [5, 5.41) is 5.49. The molecule has 1 heterocycles. The van der Waals surface area contributed by atoms with Gasteiger partial charge in [-0.15, -0.1) is 11.3 Å². The van der Waals surface area contributed by atoms with E-state index in [1.165, 1.54) is 44.1 Å². The summed E-state index contributed by atoms with van der Waals surface area (Å²) in [6.45, 7) is 0. The molecule has 1 saturated carbocycles. The molecule has 1 atom stereocenters. The number of thiazole rings is 1. The van der Waals surface area contributed by atoms with Crippen LogP contribution in [0.25, 0.3) is 0 Å². The molecule has 27 heavy (non-hydrogen) atoms. The Hall–Kier alpha value is -1.92. The largest absolute Gasteiger partial charge is 0.464 e. The minimum atomic E-state index is -0.512. The first-order valence-electron chi connectivity index (χ1n) is 8.67. The lowest BCUT2D eigenvalue weighted by atomic mass is 9.87. The van der Waals surface area contributed by atoms with Crippen molar-refractivity contribution < 1.29 is 14.3 Å². The maximum atomic E-state index is 12.9. The number of rotatable bonds is 6. The molecule has 0 aliphatic heterocycles. The van der Waals surface area contributed by atoms with Gasteiger partial charge >= 0.3 is 5.97 Å². The van der Waals surface area contributed by atoms with Gasteiger partial charge in [0.25, 0.3) is 0 Å². The van der Waals surface area contributed by atoms with Crippen LogP contribution in [-0.2, 0) is 9.53 Å². The highest BCUT2D eigenvalue weighted by molar-refractivity contribution is 7.14. The van der Waals surface area contributed by atoms with E-state index in [9.17, 15) is 9.59 Å². The van der Waals surface area contributed by atoms with Gasteiger partial charge < -0.3 is 10.1 Å². The molecule has 0 bridgehead atoms. The number of anilines is 1. The first-order valence-corrected chi connectivity index (χ1v) is 9.92. The van der Waals surface area contributed by atoms with E-state index in [0.29, 0.717) is 16.1 Å². The first-order chi connectivity index (χ1) is 12.6. The van der Waals surface area contributed by atoms with Crippen molar-refractivity contribution in [3.63, 3.8) is 0 Å². The van der Waals surface area contributed by atoms with Crippen LogP contribution in [-0.4, -0.2) is 24.0 Å². The molecule has 1 N–H and O–H groups in total. The van der Waals surface area contributed by atoms with E-state index in [1.54, 1.807) is 5.38 Å². The number of benzene rings is 1. The SMILES string of the molecule is C.COC(=O)c1csc(NC(=O)C(CC2CCCC2)c2ccc(Cl)cc2)n1. The minimum absolute atomic E-state index is 0. The molecule has 1 aliphatic carbocycles. The van der Waals surface area contributed by atoms with Crippen LogP contribution in [0, 0.1) is 5.92 Å². The van der Waals surface area contributed by atoms with Gasteiger partial charge in [-0.05, 0) is 30.0 Å². The fourth-order valence-corrected chi connectivity index (χ4v) is 4.20. The molecule has 7 heteroatoms. The van der Waals surface area contributed by atoms with E-state index >= 15 is 0 Å². The van der Waals surface area contributed by atoms with E-state index in [0.717, 1.165) is 12.0 Å². The fraction of sp³-hybridized carbons (Fsp3) is 0.450. The van der Waals surface area contributed by atoms with Crippen LogP contribution in [0.4, 0.5) is 5.13 Å². The predicted octanol–water partition coefficient (Wildman–Crippen LogP) is 5.52. The third-order valence-corrected chi connectivity index (χ3v) is 5.77. The lowest BCUT2D eigenvalue weighted by Crippen LogP contribution is -2.23. The van der Waals surface area contributed by atoms with E-state index in [-0.39, 0.29) is 24.9 Å². The Morgan fingerprint density at radius 3 is 2.59 bits per heavy atom. The van der Waals surface area contributed by atoms with Crippen molar-refractivity contribution in [1.29, 1.82) is 0 Å². The zero-order valence-corrected chi connectivity index (χ0v) is 16.1. The first kappa shape index (κ1) is 21.4. The van der Waals surface area contributed by atoms with Crippen LogP contribution in [0.3, 0.4) is 0 Å². The van der Waals surface area contributed by atoms with Crippen LogP contribution in [0.5, 0.6) is 0 Å². The highest BCUT2D eigenvalue weighted by atomic mass is 35.5. The van der Waals surface area contributed by atoms with Gasteiger partial charge in [0.15, 0.2) is 10.8 Å². The average Bonchev–Trinajstić information content (AvgIpc) is 3.31. The van der Waals surface area contributed by atoms with Crippen LogP contribution in [0.1, 0.15) is 61.5 Å². The number of aromatic nitrogens is 1. The van der Waals surface area contributed by atoms with E-state index in [1.807, 2.05) is 24.3 Å². The lowest BCUT2D eigenvalue weighted by molar-refractivity contribution is -0.118. The van der Waals surface area contributed by atoms with Gasteiger partial charge in [0.1, 0.15) is 0 Å². The molecule has 1 aromatic heterocycles. The van der Waals surface area contributed by atoms with Gasteiger partial charge in [-0.1, -0.05) is 56.8 Å². The number of esters is 1. The third kappa shape index (κ3) is 5.53. The fourth-order valence-electron chi connectivity index (χ4n) is 3.39. The smallest absolute Gasteiger partial charge is 0.357 e. The van der Waals surface area contributed by atoms with Gasteiger partial charge in [-0.3, -0.25) is 4.79 Å². The van der Waals surface area contributed by atoms with Crippen molar-refractivity contribution in [2.45, 2.75) is 45.4 Å². The summed E-state index contributed by atoms with van der Waals surface area (Å²) in [7, 11) is 1.30. The summed E-state index contributed by atoms with van der Waals surface area (Å²) < 4.78 is 4.65. The summed E-state index contributed by atoms with van der Waals surface area (Å²) in [6.07, 6.45) is 5.61. The quantitative estimate of drug-likeness (QED) is 0.638. The Balaban J connectivity index is 0.00000261. The number of hydrogen-bond donors (Lipinski definition) is 1. The third-order valence-electron chi connectivity index (χ3n) is 4.76. The second kappa shape index (κ2) is 9.85. The molecule has 0 saturated heterocycles. The maximum Gasteiger partial charge on any atom is 0.357 e. The number of halogens is 1. The number of hydrogen-bond acceptors (Lipinski definition) is 5. The summed E-state index contributed by atoms with van der Waals surface area (Å²) in [4.78, 5) is 28.6. The van der Waals surface area contributed by atoms with Gasteiger partial charge in [0.2, 0.25) is 5.91 Å². The molecule has 2 aromatic rings. The summed E-state index contributed by atoms with van der Waals surface area (Å²) >= 11 is 7.20. The molecular formula is C20H25ClN2O3S. The maximum absolute atomic E-state index is 12.9. The van der Waals surface area contributed by atoms with E-state index in [4.69, 9.17) is 11.6 Å². The molecule has 1 amide bonds. The van der Waals surface area contributed by atoms with Gasteiger partial charge in [-0.2, -0.15) is 0 Å². The average molecular weight is 409 g/mol. The standard InChI is InChI=1S/C19H21ClN2O3S.CH4/c1-25-18(24)16-11-26-19(21-16)22-17(23)15(10-12-4-2-3-5-12)13-6-8-14(20)9-7-13;/h6-9,11-12,15H,2-5,10H2,1H3,(H,21,22,23);1H4. The van der Waals surface area contributed by atoms with Crippen molar-refractivity contribution in [3.05, 3.63) is 45.9 Å². The molecule has 3 rings (SSSR count). The van der Waals surface area contributed by atoms with E-state index < -0.39 is 5.97 Å². The second-order valence-electron chi connectivity index (χ2n) is 6.51. The monoisotopic (exact) mass is 408 g/mol. The Labute approximate surface area is 169 Å². The highest BCUT2D eigenvalue weighted by Crippen LogP contribution is 2.35. The van der Waals surface area contributed by atoms with Crippen LogP contribution in [0.15, 0.2) is 29.6 Å². The van der Waals surface area contributed by atoms with Crippen molar-refractivity contribution in [3.8, 4) is 0 Å². The van der Waals surface area contributed by atoms with Crippen LogP contribution >= 0.6 is 22.9 Å². The number of nitrogens with zero attached hydrogens (tertiary/aromatic N) is 1. The van der Waals surface area contributed by atoms with Crippen molar-refractivity contribution in [1.82, 2.24) is 4.98 Å². The number of nitrogens with one attached hydrogen (secondary N) is 1. The Bertz CT molecular complexity index is 770. The summed E-state index contributed by atoms with van der Waals surface area (Å²) in [5.74, 6) is -0.323. The number of amides is 1. The normalized spacial score (nSPS) is 15.0. The molecule has 1 unspecified atom stereocenters. The molecule has 1 aromatic carbocycles. The number of ether oxygens (including phenoxy) is 1. The molecule has 1 fully saturated rings. The van der Waals surface area contributed by atoms with Crippen LogP contribution in [0.2, 0.25) is 5.02 Å². The molecule has 0 radical (unpaired) electrons. The zero-order valence-electron chi connectivity index (χ0n) is 14.5.